The molecular formula is C12H10. The molecule has 0 saturated carbocycles. The van der Waals surface area contributed by atoms with E-state index in [0.717, 1.165) is 0 Å². The minimum atomic E-state index is 1.19. The predicted molar refractivity (Wildman–Crippen MR) is 52.0 cm³/mol. The highest BCUT2D eigenvalue weighted by atomic mass is 14.0. The smallest absolute Gasteiger partial charge is 0.0137 e. The lowest BCUT2D eigenvalue weighted by molar-refractivity contribution is 1.46. The molecule has 2 aromatic rings. The topological polar surface area (TPSA) is 0 Å². The van der Waals surface area contributed by atoms with Gasteiger partial charge in [0.25, 0.3) is 0 Å². The van der Waals surface area contributed by atoms with E-state index in [1.165, 1.54) is 16.3 Å². The summed E-state index contributed by atoms with van der Waals surface area (Å²) in [5, 5.41) is 2.56. The molecule has 0 unspecified atom stereocenters. The molecule has 0 spiro atoms. The summed E-state index contributed by atoms with van der Waals surface area (Å²) in [6.45, 7) is 1.95. The molecule has 0 atom stereocenters. The Morgan fingerprint density at radius 2 is 1.67 bits per heavy atom. The minimum Gasteiger partial charge on any atom is -0.0616 e. The molecule has 0 fully saturated rings. The lowest BCUT2D eigenvalue weighted by atomic mass is 10.0. The Bertz CT molecular complexity index is 383. The van der Waals surface area contributed by atoms with Crippen molar-refractivity contribution in [2.45, 2.75) is 6.92 Å². The zero-order valence-corrected chi connectivity index (χ0v) is 7.04. The van der Waals surface area contributed by atoms with Crippen LogP contribution in [0.1, 0.15) is 12.5 Å². The molecule has 0 aliphatic heterocycles. The van der Waals surface area contributed by atoms with Gasteiger partial charge in [-0.25, -0.2) is 0 Å². The fraction of sp³-hybridized carbons (Fsp3) is 0.0833. The molecular weight excluding hydrogens is 144 g/mol. The van der Waals surface area contributed by atoms with Gasteiger partial charge in [0.2, 0.25) is 0 Å². The molecule has 0 aliphatic carbocycles. The van der Waals surface area contributed by atoms with Crippen LogP contribution >= 0.6 is 0 Å². The molecule has 0 heteroatoms. The van der Waals surface area contributed by atoms with Crippen molar-refractivity contribution < 1.29 is 0 Å². The van der Waals surface area contributed by atoms with Crippen LogP contribution in [0.15, 0.2) is 42.5 Å². The first-order chi connectivity index (χ1) is 5.92. The summed E-state index contributed by atoms with van der Waals surface area (Å²) in [4.78, 5) is 0. The summed E-state index contributed by atoms with van der Waals surface area (Å²) in [5.41, 5.74) is 1.19. The van der Waals surface area contributed by atoms with Crippen LogP contribution in [-0.4, -0.2) is 0 Å². The van der Waals surface area contributed by atoms with Crippen LogP contribution in [0.3, 0.4) is 0 Å². The van der Waals surface area contributed by atoms with Crippen LogP contribution in [0.4, 0.5) is 0 Å². The SMILES string of the molecule is C[C]c1cccc2ccccc12. The first-order valence-corrected chi connectivity index (χ1v) is 4.07. The van der Waals surface area contributed by atoms with E-state index in [0.29, 0.717) is 0 Å². The molecule has 2 rings (SSSR count). The van der Waals surface area contributed by atoms with E-state index in [1.54, 1.807) is 0 Å². The third-order valence-corrected chi connectivity index (χ3v) is 2.06. The maximum Gasteiger partial charge on any atom is 0.0137 e. The van der Waals surface area contributed by atoms with Gasteiger partial charge in [0, 0.05) is 6.42 Å². The quantitative estimate of drug-likeness (QED) is 0.591. The summed E-state index contributed by atoms with van der Waals surface area (Å²) < 4.78 is 0. The Morgan fingerprint density at radius 1 is 0.917 bits per heavy atom. The van der Waals surface area contributed by atoms with Crippen molar-refractivity contribution in [1.29, 1.82) is 0 Å². The first kappa shape index (κ1) is 7.35. The zero-order chi connectivity index (χ0) is 8.39. The van der Waals surface area contributed by atoms with Gasteiger partial charge in [-0.3, -0.25) is 0 Å². The summed E-state index contributed by atoms with van der Waals surface area (Å²) in [6.07, 6.45) is 3.17. The van der Waals surface area contributed by atoms with Gasteiger partial charge in [-0.05, 0) is 16.3 Å². The van der Waals surface area contributed by atoms with E-state index in [4.69, 9.17) is 0 Å². The van der Waals surface area contributed by atoms with Crippen molar-refractivity contribution in [3.8, 4) is 0 Å². The van der Waals surface area contributed by atoms with Crippen LogP contribution in [0.2, 0.25) is 0 Å². The number of hydrogen-bond donors (Lipinski definition) is 0. The largest absolute Gasteiger partial charge is 0.0616 e. The number of benzene rings is 2. The maximum atomic E-state index is 3.17. The predicted octanol–water partition coefficient (Wildman–Crippen LogP) is 3.29. The molecule has 0 nitrogen and oxygen atoms in total. The van der Waals surface area contributed by atoms with Gasteiger partial charge in [0.05, 0.1) is 0 Å². The second kappa shape index (κ2) is 2.98. The van der Waals surface area contributed by atoms with Gasteiger partial charge in [0.15, 0.2) is 0 Å². The lowest BCUT2D eigenvalue weighted by Gasteiger charge is -2.01. The second-order valence-electron chi connectivity index (χ2n) is 2.78. The fourth-order valence-electron chi connectivity index (χ4n) is 1.44. The molecule has 0 heterocycles. The standard InChI is InChI=1S/C12H10/c1-2-10-7-5-8-11-6-3-4-9-12(10)11/h3-9H,1H3. The van der Waals surface area contributed by atoms with E-state index in [1.807, 2.05) is 6.92 Å². The van der Waals surface area contributed by atoms with Crippen molar-refractivity contribution in [1.82, 2.24) is 0 Å². The molecule has 58 valence electrons. The van der Waals surface area contributed by atoms with Gasteiger partial charge in [-0.15, -0.1) is 0 Å². The highest BCUT2D eigenvalue weighted by molar-refractivity contribution is 5.86. The fourth-order valence-corrected chi connectivity index (χ4v) is 1.44. The van der Waals surface area contributed by atoms with Crippen molar-refractivity contribution in [3.63, 3.8) is 0 Å². The van der Waals surface area contributed by atoms with Gasteiger partial charge >= 0.3 is 0 Å². The second-order valence-corrected chi connectivity index (χ2v) is 2.78. The van der Waals surface area contributed by atoms with E-state index in [9.17, 15) is 0 Å². The number of hydrogen-bond acceptors (Lipinski definition) is 0. The van der Waals surface area contributed by atoms with E-state index < -0.39 is 0 Å². The first-order valence-electron chi connectivity index (χ1n) is 4.07. The van der Waals surface area contributed by atoms with Gasteiger partial charge in [-0.1, -0.05) is 49.4 Å². The number of rotatable bonds is 1. The molecule has 12 heavy (non-hydrogen) atoms. The third kappa shape index (κ3) is 1.10. The summed E-state index contributed by atoms with van der Waals surface area (Å²) in [5.74, 6) is 0. The molecule has 0 aliphatic rings. The minimum absolute atomic E-state index is 1.19. The van der Waals surface area contributed by atoms with Crippen LogP contribution < -0.4 is 0 Å². The van der Waals surface area contributed by atoms with Crippen LogP contribution in [-0.2, 0) is 0 Å². The van der Waals surface area contributed by atoms with E-state index >= 15 is 0 Å². The van der Waals surface area contributed by atoms with Crippen LogP contribution in [0, 0.1) is 6.42 Å². The van der Waals surface area contributed by atoms with Crippen molar-refractivity contribution in [3.05, 3.63) is 54.4 Å². The molecule has 2 radical (unpaired) electrons. The summed E-state index contributed by atoms with van der Waals surface area (Å²) >= 11 is 0. The molecule has 2 aromatic carbocycles. The monoisotopic (exact) mass is 154 g/mol. The van der Waals surface area contributed by atoms with Gasteiger partial charge < -0.3 is 0 Å². The molecule has 0 saturated heterocycles. The highest BCUT2D eigenvalue weighted by Gasteiger charge is 1.96. The van der Waals surface area contributed by atoms with Crippen molar-refractivity contribution in [2.75, 3.05) is 0 Å². The van der Waals surface area contributed by atoms with E-state index in [2.05, 4.69) is 48.9 Å². The number of fused-ring (bicyclic) bond motifs is 1. The zero-order valence-electron chi connectivity index (χ0n) is 7.04. The highest BCUT2D eigenvalue weighted by Crippen LogP contribution is 2.19. The average molecular weight is 154 g/mol. The average Bonchev–Trinajstić information content (AvgIpc) is 2.17. The molecule has 0 aromatic heterocycles. The lowest BCUT2D eigenvalue weighted by Crippen LogP contribution is -1.79. The third-order valence-electron chi connectivity index (χ3n) is 2.06. The van der Waals surface area contributed by atoms with Crippen molar-refractivity contribution in [2.24, 2.45) is 0 Å². The molecule has 0 N–H and O–H groups in total. The van der Waals surface area contributed by atoms with Gasteiger partial charge in [0.1, 0.15) is 0 Å². The Balaban J connectivity index is 2.79. The van der Waals surface area contributed by atoms with Crippen molar-refractivity contribution >= 4 is 10.8 Å². The molecule has 0 amide bonds. The van der Waals surface area contributed by atoms with Crippen LogP contribution in [0.25, 0.3) is 10.8 Å². The Labute approximate surface area is 72.8 Å². The Hall–Kier alpha value is -1.30. The Morgan fingerprint density at radius 3 is 2.50 bits per heavy atom. The summed E-state index contributed by atoms with van der Waals surface area (Å²) in [7, 11) is 0. The Kier molecular flexibility index (Phi) is 1.83. The normalized spacial score (nSPS) is 10.4. The van der Waals surface area contributed by atoms with Crippen LogP contribution in [0.5, 0.6) is 0 Å². The van der Waals surface area contributed by atoms with Gasteiger partial charge in [-0.2, -0.15) is 0 Å². The molecule has 0 bridgehead atoms. The maximum absolute atomic E-state index is 3.17. The summed E-state index contributed by atoms with van der Waals surface area (Å²) in [6, 6.07) is 14.6. The van der Waals surface area contributed by atoms with E-state index in [-0.39, 0.29) is 0 Å².